The van der Waals surface area contributed by atoms with Crippen LogP contribution in [0.15, 0.2) is 54.6 Å². The number of benzene rings is 2. The highest BCUT2D eigenvalue weighted by atomic mass is 19.1. The Hall–Kier alpha value is -2.79. The third-order valence-electron chi connectivity index (χ3n) is 4.46. The molecule has 0 saturated carbocycles. The fourth-order valence-corrected chi connectivity index (χ4v) is 2.92. The van der Waals surface area contributed by atoms with Crippen LogP contribution in [0.2, 0.25) is 0 Å². The van der Waals surface area contributed by atoms with E-state index >= 15 is 0 Å². The maximum atomic E-state index is 13.3. The van der Waals surface area contributed by atoms with Gasteiger partial charge in [0.25, 0.3) is 5.91 Å². The molecule has 1 N–H and O–H groups in total. The number of nitrogens with zero attached hydrogens (tertiary/aromatic N) is 1. The molecule has 3 aromatic rings. The summed E-state index contributed by atoms with van der Waals surface area (Å²) in [5.41, 5.74) is 2.77. The smallest absolute Gasteiger partial charge is 0.253 e. The lowest BCUT2D eigenvalue weighted by Crippen LogP contribution is -2.26. The largest absolute Gasteiger partial charge is 0.374 e. The van der Waals surface area contributed by atoms with Gasteiger partial charge in [-0.2, -0.15) is 0 Å². The van der Waals surface area contributed by atoms with Crippen LogP contribution in [0.25, 0.3) is 10.9 Å². The van der Waals surface area contributed by atoms with Gasteiger partial charge in [0, 0.05) is 24.6 Å². The molecule has 0 saturated heterocycles. The van der Waals surface area contributed by atoms with Gasteiger partial charge in [-0.3, -0.25) is 9.78 Å². The van der Waals surface area contributed by atoms with Crippen molar-refractivity contribution in [3.8, 4) is 0 Å². The molecule has 1 unspecified atom stereocenters. The maximum absolute atomic E-state index is 13.3. The molecule has 1 atom stereocenters. The van der Waals surface area contributed by atoms with Gasteiger partial charge in [0.1, 0.15) is 5.82 Å². The Morgan fingerprint density at radius 2 is 1.96 bits per heavy atom. The van der Waals surface area contributed by atoms with E-state index in [0.717, 1.165) is 10.9 Å². The first-order valence-corrected chi connectivity index (χ1v) is 9.06. The van der Waals surface area contributed by atoms with Crippen LogP contribution >= 0.6 is 0 Å². The molecule has 4 nitrogen and oxygen atoms in total. The molecule has 1 aromatic heterocycles. The van der Waals surface area contributed by atoms with Crippen molar-refractivity contribution in [2.45, 2.75) is 26.4 Å². The van der Waals surface area contributed by atoms with Gasteiger partial charge < -0.3 is 10.1 Å². The lowest BCUT2D eigenvalue weighted by atomic mass is 10.1. The number of fused-ring (bicyclic) bond motifs is 1. The monoisotopic (exact) mass is 366 g/mol. The first-order chi connectivity index (χ1) is 13.0. The van der Waals surface area contributed by atoms with E-state index in [1.807, 2.05) is 37.3 Å². The van der Waals surface area contributed by atoms with E-state index < -0.39 is 0 Å². The number of aromatic nitrogens is 1. The Labute approximate surface area is 158 Å². The number of carbonyl (C=O) groups is 1. The summed E-state index contributed by atoms with van der Waals surface area (Å²) < 4.78 is 19.1. The molecule has 0 aliphatic heterocycles. The molecular formula is C22H23FN2O2. The number of nitrogens with one attached hydrogen (secondary N) is 1. The third-order valence-corrected chi connectivity index (χ3v) is 4.46. The molecule has 0 aliphatic carbocycles. The van der Waals surface area contributed by atoms with Crippen LogP contribution in [-0.4, -0.2) is 24.0 Å². The first kappa shape index (κ1) is 19.0. The molecule has 0 fully saturated rings. The third kappa shape index (κ3) is 4.89. The highest BCUT2D eigenvalue weighted by molar-refractivity contribution is 5.98. The van der Waals surface area contributed by atoms with E-state index in [1.54, 1.807) is 19.1 Å². The van der Waals surface area contributed by atoms with Gasteiger partial charge in [-0.15, -0.1) is 0 Å². The Morgan fingerprint density at radius 1 is 1.19 bits per heavy atom. The SMILES string of the molecule is Cc1nc2cc(F)ccc2cc1C(=O)NCCCOC(C)c1ccccc1. The predicted octanol–water partition coefficient (Wildman–Crippen LogP) is 4.58. The van der Waals surface area contributed by atoms with Crippen molar-refractivity contribution in [3.63, 3.8) is 0 Å². The van der Waals surface area contributed by atoms with Crippen molar-refractivity contribution >= 4 is 16.8 Å². The van der Waals surface area contributed by atoms with Crippen LogP contribution in [0.4, 0.5) is 4.39 Å². The summed E-state index contributed by atoms with van der Waals surface area (Å²) in [6.07, 6.45) is 0.739. The van der Waals surface area contributed by atoms with Crippen LogP contribution in [0.3, 0.4) is 0 Å². The Bertz CT molecular complexity index is 928. The van der Waals surface area contributed by atoms with Crippen LogP contribution < -0.4 is 5.32 Å². The number of pyridine rings is 1. The van der Waals surface area contributed by atoms with Gasteiger partial charge >= 0.3 is 0 Å². The number of rotatable bonds is 7. The second kappa shape index (κ2) is 8.73. The number of carbonyl (C=O) groups excluding carboxylic acids is 1. The van der Waals surface area contributed by atoms with E-state index in [-0.39, 0.29) is 17.8 Å². The summed E-state index contributed by atoms with van der Waals surface area (Å²) in [5, 5.41) is 3.64. The summed E-state index contributed by atoms with van der Waals surface area (Å²) in [5.74, 6) is -0.515. The second-order valence-electron chi connectivity index (χ2n) is 6.49. The maximum Gasteiger partial charge on any atom is 0.253 e. The van der Waals surface area contributed by atoms with Gasteiger partial charge in [0.05, 0.1) is 22.9 Å². The first-order valence-electron chi connectivity index (χ1n) is 9.06. The van der Waals surface area contributed by atoms with Crippen LogP contribution in [0.1, 0.15) is 41.1 Å². The summed E-state index contributed by atoms with van der Waals surface area (Å²) in [6, 6.07) is 16.1. The van der Waals surface area contributed by atoms with E-state index in [2.05, 4.69) is 10.3 Å². The zero-order chi connectivity index (χ0) is 19.2. The molecule has 0 spiro atoms. The normalized spacial score (nSPS) is 12.1. The fraction of sp³-hybridized carbons (Fsp3) is 0.273. The lowest BCUT2D eigenvalue weighted by Gasteiger charge is -2.13. The van der Waals surface area contributed by atoms with Crippen molar-refractivity contribution in [2.75, 3.05) is 13.2 Å². The van der Waals surface area contributed by atoms with E-state index in [0.29, 0.717) is 36.3 Å². The number of ether oxygens (including phenoxy) is 1. The van der Waals surface area contributed by atoms with Crippen LogP contribution in [-0.2, 0) is 4.74 Å². The summed E-state index contributed by atoms with van der Waals surface area (Å²) in [4.78, 5) is 16.8. The second-order valence-corrected chi connectivity index (χ2v) is 6.49. The highest BCUT2D eigenvalue weighted by Gasteiger charge is 2.12. The van der Waals surface area contributed by atoms with Gasteiger partial charge in [-0.05, 0) is 44.0 Å². The number of amides is 1. The van der Waals surface area contributed by atoms with Gasteiger partial charge in [0.2, 0.25) is 0 Å². The van der Waals surface area contributed by atoms with E-state index in [1.165, 1.54) is 12.1 Å². The fourth-order valence-electron chi connectivity index (χ4n) is 2.92. The molecule has 27 heavy (non-hydrogen) atoms. The Kier molecular flexibility index (Phi) is 6.14. The average molecular weight is 366 g/mol. The predicted molar refractivity (Wildman–Crippen MR) is 104 cm³/mol. The van der Waals surface area contributed by atoms with Gasteiger partial charge in [-0.1, -0.05) is 30.3 Å². The van der Waals surface area contributed by atoms with Crippen molar-refractivity contribution in [2.24, 2.45) is 0 Å². The van der Waals surface area contributed by atoms with Crippen molar-refractivity contribution in [3.05, 3.63) is 77.2 Å². The molecule has 3 rings (SSSR count). The Balaban J connectivity index is 1.50. The quantitative estimate of drug-likeness (QED) is 0.623. The molecule has 0 bridgehead atoms. The number of halogens is 1. The molecule has 0 aliphatic rings. The van der Waals surface area contributed by atoms with Crippen molar-refractivity contribution in [1.29, 1.82) is 0 Å². The van der Waals surface area contributed by atoms with E-state index in [4.69, 9.17) is 4.74 Å². The minimum atomic E-state index is -0.337. The molecule has 0 radical (unpaired) electrons. The summed E-state index contributed by atoms with van der Waals surface area (Å²) >= 11 is 0. The molecule has 1 amide bonds. The average Bonchev–Trinajstić information content (AvgIpc) is 2.67. The van der Waals surface area contributed by atoms with E-state index in [9.17, 15) is 9.18 Å². The van der Waals surface area contributed by atoms with Crippen LogP contribution in [0, 0.1) is 12.7 Å². The minimum absolute atomic E-state index is 0.0224. The highest BCUT2D eigenvalue weighted by Crippen LogP contribution is 2.18. The topological polar surface area (TPSA) is 51.2 Å². The van der Waals surface area contributed by atoms with Crippen molar-refractivity contribution < 1.29 is 13.9 Å². The summed E-state index contributed by atoms with van der Waals surface area (Å²) in [6.45, 7) is 4.84. The zero-order valence-electron chi connectivity index (χ0n) is 15.5. The minimum Gasteiger partial charge on any atom is -0.374 e. The zero-order valence-corrected chi connectivity index (χ0v) is 15.5. The van der Waals surface area contributed by atoms with Crippen molar-refractivity contribution in [1.82, 2.24) is 10.3 Å². The van der Waals surface area contributed by atoms with Gasteiger partial charge in [0.15, 0.2) is 0 Å². The molecule has 2 aromatic carbocycles. The number of hydrogen-bond acceptors (Lipinski definition) is 3. The Morgan fingerprint density at radius 3 is 2.74 bits per heavy atom. The summed E-state index contributed by atoms with van der Waals surface area (Å²) in [7, 11) is 0. The molecule has 140 valence electrons. The standard InChI is InChI=1S/C22H23FN2O2/c1-15-20(13-18-9-10-19(23)14-21(18)25-15)22(26)24-11-6-12-27-16(2)17-7-4-3-5-8-17/h3-5,7-10,13-14,16H,6,11-12H2,1-2H3,(H,24,26). The van der Waals surface area contributed by atoms with Crippen LogP contribution in [0.5, 0.6) is 0 Å². The number of hydrogen-bond donors (Lipinski definition) is 1. The lowest BCUT2D eigenvalue weighted by molar-refractivity contribution is 0.0635. The number of aryl methyl sites for hydroxylation is 1. The molecule has 5 heteroatoms. The molecular weight excluding hydrogens is 343 g/mol. The van der Waals surface area contributed by atoms with Gasteiger partial charge in [-0.25, -0.2) is 4.39 Å². The molecule has 1 heterocycles.